The largest absolute Gasteiger partial charge is 0.465 e. The Bertz CT molecular complexity index is 472. The van der Waals surface area contributed by atoms with Gasteiger partial charge in [-0.05, 0) is 32.9 Å². The van der Waals surface area contributed by atoms with Crippen LogP contribution in [0.15, 0.2) is 18.2 Å². The van der Waals surface area contributed by atoms with Crippen LogP contribution in [0.4, 0.5) is 23.7 Å². The van der Waals surface area contributed by atoms with E-state index in [-0.39, 0.29) is 11.4 Å². The Morgan fingerprint density at radius 1 is 1.37 bits per heavy atom. The molecule has 0 heterocycles. The molecule has 4 nitrogen and oxygen atoms in total. The van der Waals surface area contributed by atoms with Crippen molar-refractivity contribution in [3.8, 4) is 5.75 Å². The average Bonchev–Trinajstić information content (AvgIpc) is 2.18. The number of amides is 1. The van der Waals surface area contributed by atoms with E-state index in [2.05, 4.69) is 4.74 Å². The van der Waals surface area contributed by atoms with Crippen LogP contribution in [0.5, 0.6) is 5.75 Å². The van der Waals surface area contributed by atoms with E-state index in [4.69, 9.17) is 5.11 Å². The molecule has 0 unspecified atom stereocenters. The van der Waals surface area contributed by atoms with Gasteiger partial charge in [0.2, 0.25) is 0 Å². The summed E-state index contributed by atoms with van der Waals surface area (Å²) in [4.78, 5) is 12.0. The van der Waals surface area contributed by atoms with Crippen LogP contribution in [-0.4, -0.2) is 23.4 Å². The van der Waals surface area contributed by atoms with Gasteiger partial charge >= 0.3 is 12.7 Å². The number of carboxylic acid groups (broad SMARTS) is 1. The van der Waals surface area contributed by atoms with Gasteiger partial charge < -0.3 is 9.84 Å². The van der Waals surface area contributed by atoms with E-state index >= 15 is 0 Å². The summed E-state index contributed by atoms with van der Waals surface area (Å²) in [7, 11) is 0. The Hall–Kier alpha value is -1.92. The number of hydrogen-bond acceptors (Lipinski definition) is 2. The molecule has 1 aromatic carbocycles. The zero-order valence-corrected chi connectivity index (χ0v) is 10.7. The first-order chi connectivity index (χ1) is 8.62. The standard InChI is InChI=1S/C12H14F3NO3/c1-12(2,3)16(11(17)18)9-5-4-7(6-8(9)13)19-10(14)15/h4-6,10H,1-3H3,(H,17,18). The second-order valence-electron chi connectivity index (χ2n) is 4.78. The summed E-state index contributed by atoms with van der Waals surface area (Å²) in [6, 6.07) is 2.90. The first-order valence-electron chi connectivity index (χ1n) is 5.40. The van der Waals surface area contributed by atoms with Gasteiger partial charge in [0, 0.05) is 11.6 Å². The molecule has 1 rings (SSSR count). The minimum atomic E-state index is -3.07. The highest BCUT2D eigenvalue weighted by molar-refractivity contribution is 5.87. The minimum absolute atomic E-state index is 0.221. The van der Waals surface area contributed by atoms with Gasteiger partial charge in [0.25, 0.3) is 0 Å². The van der Waals surface area contributed by atoms with Crippen LogP contribution in [0.1, 0.15) is 20.8 Å². The lowest BCUT2D eigenvalue weighted by atomic mass is 10.1. The Balaban J connectivity index is 3.16. The first kappa shape index (κ1) is 15.1. The van der Waals surface area contributed by atoms with Gasteiger partial charge in [-0.25, -0.2) is 9.18 Å². The van der Waals surface area contributed by atoms with E-state index in [1.165, 1.54) is 0 Å². The average molecular weight is 277 g/mol. The quantitative estimate of drug-likeness (QED) is 0.916. The first-order valence-corrected chi connectivity index (χ1v) is 5.40. The summed E-state index contributed by atoms with van der Waals surface area (Å²) in [6.07, 6.45) is -1.34. The molecule has 1 amide bonds. The topological polar surface area (TPSA) is 49.8 Å². The third kappa shape index (κ3) is 3.77. The number of nitrogens with zero attached hydrogens (tertiary/aromatic N) is 1. The maximum absolute atomic E-state index is 13.8. The lowest BCUT2D eigenvalue weighted by molar-refractivity contribution is -0.0500. The molecule has 106 valence electrons. The van der Waals surface area contributed by atoms with Gasteiger partial charge in [0.1, 0.15) is 5.75 Å². The van der Waals surface area contributed by atoms with Crippen molar-refractivity contribution in [2.45, 2.75) is 32.9 Å². The van der Waals surface area contributed by atoms with Crippen molar-refractivity contribution >= 4 is 11.8 Å². The van der Waals surface area contributed by atoms with Crippen molar-refractivity contribution in [3.05, 3.63) is 24.0 Å². The second kappa shape index (κ2) is 5.38. The fraction of sp³-hybridized carbons (Fsp3) is 0.417. The van der Waals surface area contributed by atoms with Crippen LogP contribution < -0.4 is 9.64 Å². The predicted octanol–water partition coefficient (Wildman–Crippen LogP) is 3.71. The van der Waals surface area contributed by atoms with Crippen LogP contribution in [0.2, 0.25) is 0 Å². The van der Waals surface area contributed by atoms with Gasteiger partial charge in [0.05, 0.1) is 5.69 Å². The van der Waals surface area contributed by atoms with E-state index in [0.29, 0.717) is 0 Å². The molecule has 19 heavy (non-hydrogen) atoms. The van der Waals surface area contributed by atoms with E-state index in [1.54, 1.807) is 20.8 Å². The van der Waals surface area contributed by atoms with E-state index in [1.807, 2.05) is 0 Å². The predicted molar refractivity (Wildman–Crippen MR) is 63.3 cm³/mol. The smallest absolute Gasteiger partial charge is 0.412 e. The number of alkyl halides is 2. The highest BCUT2D eigenvalue weighted by Gasteiger charge is 2.30. The van der Waals surface area contributed by atoms with Crippen molar-refractivity contribution in [1.29, 1.82) is 0 Å². The third-order valence-electron chi connectivity index (χ3n) is 2.25. The number of benzene rings is 1. The highest BCUT2D eigenvalue weighted by atomic mass is 19.3. The number of carbonyl (C=O) groups is 1. The molecule has 0 aliphatic heterocycles. The SMILES string of the molecule is CC(C)(C)N(C(=O)O)c1ccc(OC(F)F)cc1F. The van der Waals surface area contributed by atoms with Gasteiger partial charge in [-0.1, -0.05) is 0 Å². The summed E-state index contributed by atoms with van der Waals surface area (Å²) in [6.45, 7) is 1.70. The maximum Gasteiger partial charge on any atom is 0.412 e. The fourth-order valence-corrected chi connectivity index (χ4v) is 1.60. The van der Waals surface area contributed by atoms with Gasteiger partial charge in [0.15, 0.2) is 5.82 Å². The summed E-state index contributed by atoms with van der Waals surface area (Å²) in [5.74, 6) is -1.31. The van der Waals surface area contributed by atoms with Gasteiger partial charge in [-0.15, -0.1) is 0 Å². The molecule has 0 radical (unpaired) electrons. The molecular weight excluding hydrogens is 263 g/mol. The van der Waals surface area contributed by atoms with E-state index in [0.717, 1.165) is 23.1 Å². The zero-order valence-electron chi connectivity index (χ0n) is 10.7. The monoisotopic (exact) mass is 277 g/mol. The maximum atomic E-state index is 13.8. The van der Waals surface area contributed by atoms with Crippen LogP contribution in [0.3, 0.4) is 0 Å². The van der Waals surface area contributed by atoms with Gasteiger partial charge in [-0.3, -0.25) is 4.90 Å². The summed E-state index contributed by atoms with van der Waals surface area (Å²) in [5, 5.41) is 9.11. The zero-order chi connectivity index (χ0) is 14.8. The Morgan fingerprint density at radius 2 is 1.95 bits per heavy atom. The lowest BCUT2D eigenvalue weighted by Crippen LogP contribution is -2.45. The van der Waals surface area contributed by atoms with E-state index in [9.17, 15) is 18.0 Å². The summed E-state index contributed by atoms with van der Waals surface area (Å²) in [5.41, 5.74) is -1.10. The molecule has 0 saturated heterocycles. The number of anilines is 1. The Labute approximate surface area is 108 Å². The Morgan fingerprint density at radius 3 is 2.32 bits per heavy atom. The van der Waals surface area contributed by atoms with Crippen molar-refractivity contribution in [2.75, 3.05) is 4.90 Å². The number of rotatable bonds is 3. The molecule has 0 aromatic heterocycles. The van der Waals surface area contributed by atoms with Crippen LogP contribution >= 0.6 is 0 Å². The number of hydrogen-bond donors (Lipinski definition) is 1. The molecule has 0 atom stereocenters. The molecular formula is C12H14F3NO3. The summed E-state index contributed by atoms with van der Waals surface area (Å²) >= 11 is 0. The van der Waals surface area contributed by atoms with Crippen LogP contribution in [0.25, 0.3) is 0 Å². The molecule has 0 aliphatic carbocycles. The Kier molecular flexibility index (Phi) is 4.28. The molecule has 7 heteroatoms. The minimum Gasteiger partial charge on any atom is -0.465 e. The molecule has 1 aromatic rings. The molecule has 0 fully saturated rings. The molecule has 0 aliphatic rings. The number of halogens is 3. The van der Waals surface area contributed by atoms with E-state index < -0.39 is 24.1 Å². The van der Waals surface area contributed by atoms with Crippen LogP contribution in [-0.2, 0) is 0 Å². The summed E-state index contributed by atoms with van der Waals surface area (Å²) < 4.78 is 41.8. The number of ether oxygens (including phenoxy) is 1. The fourth-order valence-electron chi connectivity index (χ4n) is 1.60. The second-order valence-corrected chi connectivity index (χ2v) is 4.78. The van der Waals surface area contributed by atoms with Crippen LogP contribution in [0, 0.1) is 5.82 Å². The van der Waals surface area contributed by atoms with Gasteiger partial charge in [-0.2, -0.15) is 8.78 Å². The molecule has 0 saturated carbocycles. The highest BCUT2D eigenvalue weighted by Crippen LogP contribution is 2.30. The lowest BCUT2D eigenvalue weighted by Gasteiger charge is -2.33. The third-order valence-corrected chi connectivity index (χ3v) is 2.25. The van der Waals surface area contributed by atoms with Crippen molar-refractivity contribution < 1.29 is 27.8 Å². The normalized spacial score (nSPS) is 11.5. The van der Waals surface area contributed by atoms with Crippen molar-refractivity contribution in [2.24, 2.45) is 0 Å². The van der Waals surface area contributed by atoms with Crippen molar-refractivity contribution in [1.82, 2.24) is 0 Å². The molecule has 0 spiro atoms. The molecule has 0 bridgehead atoms. The molecule has 1 N–H and O–H groups in total. The van der Waals surface area contributed by atoms with Crippen molar-refractivity contribution in [3.63, 3.8) is 0 Å².